The van der Waals surface area contributed by atoms with E-state index in [0.29, 0.717) is 24.8 Å². The van der Waals surface area contributed by atoms with Crippen molar-refractivity contribution in [3.05, 3.63) is 59.2 Å². The second-order valence-electron chi connectivity index (χ2n) is 12.3. The molecule has 0 aromatic heterocycles. The first-order chi connectivity index (χ1) is 17.3. The number of ether oxygens (including phenoxy) is 2. The molecule has 6 nitrogen and oxygen atoms in total. The lowest BCUT2D eigenvalue weighted by Crippen LogP contribution is -2.71. The van der Waals surface area contributed by atoms with E-state index in [1.165, 1.54) is 12.2 Å². The van der Waals surface area contributed by atoms with Crippen molar-refractivity contribution < 1.29 is 33.7 Å². The summed E-state index contributed by atoms with van der Waals surface area (Å²) < 4.78 is 29.6. The van der Waals surface area contributed by atoms with Crippen LogP contribution in [0.2, 0.25) is 0 Å². The topological polar surface area (TPSA) is 93.1 Å². The molecule has 1 aromatic rings. The van der Waals surface area contributed by atoms with Crippen molar-refractivity contribution in [2.75, 3.05) is 6.61 Å². The van der Waals surface area contributed by atoms with Gasteiger partial charge >= 0.3 is 5.97 Å². The Hall–Kier alpha value is -2.19. The minimum Gasteiger partial charge on any atom is -0.390 e. The van der Waals surface area contributed by atoms with E-state index in [2.05, 4.69) is 0 Å². The Balaban J connectivity index is 1.46. The lowest BCUT2D eigenvalue weighted by Gasteiger charge is -2.63. The van der Waals surface area contributed by atoms with Gasteiger partial charge < -0.3 is 19.7 Å². The summed E-state index contributed by atoms with van der Waals surface area (Å²) in [6.07, 6.45) is 4.69. The number of alkyl halides is 1. The summed E-state index contributed by atoms with van der Waals surface area (Å²) in [6, 6.07) is 7.17. The molecule has 7 heteroatoms. The largest absolute Gasteiger partial charge is 0.390 e. The Morgan fingerprint density at radius 3 is 2.59 bits per heavy atom. The number of carbonyl (C=O) groups is 2. The van der Waals surface area contributed by atoms with Crippen molar-refractivity contribution in [1.82, 2.24) is 0 Å². The van der Waals surface area contributed by atoms with Crippen LogP contribution in [0, 0.1) is 35.5 Å². The third-order valence-electron chi connectivity index (χ3n) is 10.8. The van der Waals surface area contributed by atoms with Crippen molar-refractivity contribution in [2.45, 2.75) is 76.7 Å². The zero-order valence-corrected chi connectivity index (χ0v) is 21.8. The van der Waals surface area contributed by atoms with Crippen LogP contribution in [0.4, 0.5) is 4.39 Å². The zero-order valence-electron chi connectivity index (χ0n) is 21.8. The SMILES string of the molecule is Cc1ccccc1C1(O)OCC(=O)[C@@]2(O1)[C@H](C)C[C@H]1[C@@H]3CCC4=CC(=O)C=C[C@]4(C)[C@@]3(F)[C@@H](O)C[C@@]12C. The summed E-state index contributed by atoms with van der Waals surface area (Å²) in [4.78, 5) is 25.9. The fraction of sp³-hybridized carbons (Fsp3) is 0.600. The number of carbonyl (C=O) groups excluding carboxylic acids is 2. The predicted molar refractivity (Wildman–Crippen MR) is 133 cm³/mol. The fourth-order valence-electron chi connectivity index (χ4n) is 8.98. The second-order valence-corrected chi connectivity index (χ2v) is 12.3. The van der Waals surface area contributed by atoms with Gasteiger partial charge in [0, 0.05) is 22.3 Å². The van der Waals surface area contributed by atoms with E-state index in [4.69, 9.17) is 9.47 Å². The molecule has 2 N–H and O–H groups in total. The van der Waals surface area contributed by atoms with Crippen LogP contribution in [-0.4, -0.2) is 45.8 Å². The van der Waals surface area contributed by atoms with Crippen molar-refractivity contribution in [1.29, 1.82) is 0 Å². The molecule has 3 saturated carbocycles. The van der Waals surface area contributed by atoms with Crippen LogP contribution in [0.25, 0.3) is 0 Å². The van der Waals surface area contributed by atoms with E-state index < -0.39 is 40.1 Å². The molecule has 5 aliphatic rings. The number of rotatable bonds is 1. The Morgan fingerprint density at radius 1 is 1.14 bits per heavy atom. The molecule has 6 rings (SSSR count). The number of Topliss-reactive ketones (excluding diaryl/α,β-unsaturated/α-hetero) is 1. The highest BCUT2D eigenvalue weighted by Gasteiger charge is 2.78. The van der Waals surface area contributed by atoms with Crippen molar-refractivity contribution in [3.63, 3.8) is 0 Å². The number of aryl methyl sites for hydroxylation is 1. The van der Waals surface area contributed by atoms with Gasteiger partial charge in [-0.25, -0.2) is 4.39 Å². The smallest absolute Gasteiger partial charge is 0.311 e. The molecule has 1 heterocycles. The first-order valence-corrected chi connectivity index (χ1v) is 13.3. The van der Waals surface area contributed by atoms with Gasteiger partial charge in [0.2, 0.25) is 0 Å². The molecule has 4 aliphatic carbocycles. The molecule has 1 spiro atoms. The van der Waals surface area contributed by atoms with Gasteiger partial charge in [-0.1, -0.05) is 49.8 Å². The molecule has 0 bridgehead atoms. The molecule has 1 unspecified atom stereocenters. The summed E-state index contributed by atoms with van der Waals surface area (Å²) in [6.45, 7) is 7.12. The van der Waals surface area contributed by atoms with Gasteiger partial charge in [0.05, 0.1) is 6.10 Å². The maximum absolute atomic E-state index is 17.5. The molecule has 4 fully saturated rings. The lowest BCUT2D eigenvalue weighted by molar-refractivity contribution is -0.433. The van der Waals surface area contributed by atoms with Crippen molar-refractivity contribution in [3.8, 4) is 0 Å². The molecule has 198 valence electrons. The quantitative estimate of drug-likeness (QED) is 0.592. The highest BCUT2D eigenvalue weighted by atomic mass is 19.1. The maximum atomic E-state index is 17.5. The van der Waals surface area contributed by atoms with E-state index >= 15 is 4.39 Å². The molecular weight excluding hydrogens is 475 g/mol. The molecule has 9 atom stereocenters. The van der Waals surface area contributed by atoms with Crippen LogP contribution in [0.1, 0.15) is 57.6 Å². The van der Waals surface area contributed by atoms with Gasteiger partial charge in [0.15, 0.2) is 17.2 Å². The Bertz CT molecular complexity index is 1260. The molecule has 1 aliphatic heterocycles. The highest BCUT2D eigenvalue weighted by molar-refractivity contribution is 6.01. The number of hydrogen-bond acceptors (Lipinski definition) is 6. The maximum Gasteiger partial charge on any atom is 0.311 e. The summed E-state index contributed by atoms with van der Waals surface area (Å²) in [7, 11) is 0. The molecule has 0 radical (unpaired) electrons. The van der Waals surface area contributed by atoms with Crippen molar-refractivity contribution in [2.24, 2.45) is 28.6 Å². The third kappa shape index (κ3) is 2.89. The highest BCUT2D eigenvalue weighted by Crippen LogP contribution is 2.72. The van der Waals surface area contributed by atoms with Gasteiger partial charge in [0.25, 0.3) is 0 Å². The van der Waals surface area contributed by atoms with Crippen LogP contribution in [0.3, 0.4) is 0 Å². The molecule has 0 amide bonds. The van der Waals surface area contributed by atoms with Gasteiger partial charge in [-0.05, 0) is 69.1 Å². The predicted octanol–water partition coefficient (Wildman–Crippen LogP) is 4.07. The average Bonchev–Trinajstić information content (AvgIpc) is 3.05. The Morgan fingerprint density at radius 2 is 1.86 bits per heavy atom. The lowest BCUT2D eigenvalue weighted by atomic mass is 9.44. The summed E-state index contributed by atoms with van der Waals surface area (Å²) >= 11 is 0. The van der Waals surface area contributed by atoms with E-state index in [1.54, 1.807) is 25.1 Å². The van der Waals surface area contributed by atoms with E-state index in [9.17, 15) is 19.8 Å². The Kier molecular flexibility index (Phi) is 5.22. The fourth-order valence-corrected chi connectivity index (χ4v) is 8.98. The van der Waals surface area contributed by atoms with Gasteiger partial charge in [-0.15, -0.1) is 0 Å². The van der Waals surface area contributed by atoms with Crippen LogP contribution in [-0.2, 0) is 25.0 Å². The number of halogens is 1. The summed E-state index contributed by atoms with van der Waals surface area (Å²) in [5.74, 6) is -3.74. The number of allylic oxidation sites excluding steroid dienone is 4. The third-order valence-corrected chi connectivity index (χ3v) is 10.8. The molecule has 1 saturated heterocycles. The molecular formula is C30H35FO6. The number of hydrogen-bond donors (Lipinski definition) is 2. The van der Waals surface area contributed by atoms with E-state index in [1.807, 2.05) is 32.9 Å². The standard InChI is InChI=1S/C30H35FO6/c1-17-7-5-6-8-21(17)30(35)36-16-25(34)29(37-30)18(2)13-23-22-10-9-19-14-20(32)11-12-26(19,3)28(22,31)24(33)15-27(23,29)4/h5-8,11-12,14,18,22-24,33,35H,9-10,13,15-16H2,1-4H3/t18-,22+,23+,24+,26+,27+,28+,29+,30?/m1/s1. The summed E-state index contributed by atoms with van der Waals surface area (Å²) in [5, 5.41) is 23.3. The number of benzene rings is 1. The second kappa shape index (κ2) is 7.69. The van der Waals surface area contributed by atoms with Crippen LogP contribution in [0.5, 0.6) is 0 Å². The normalized spacial score (nSPS) is 48.9. The Labute approximate surface area is 216 Å². The van der Waals surface area contributed by atoms with E-state index in [-0.39, 0.29) is 36.4 Å². The van der Waals surface area contributed by atoms with Crippen LogP contribution >= 0.6 is 0 Å². The first-order valence-electron chi connectivity index (χ1n) is 13.3. The monoisotopic (exact) mass is 510 g/mol. The van der Waals surface area contributed by atoms with Gasteiger partial charge in [-0.2, -0.15) is 0 Å². The molecule has 1 aromatic carbocycles. The van der Waals surface area contributed by atoms with Gasteiger partial charge in [-0.3, -0.25) is 9.59 Å². The average molecular weight is 511 g/mol. The number of ketones is 2. The minimum absolute atomic E-state index is 0.00471. The number of fused-ring (bicyclic) bond motifs is 6. The van der Waals surface area contributed by atoms with Crippen LogP contribution < -0.4 is 0 Å². The van der Waals surface area contributed by atoms with Gasteiger partial charge in [0.1, 0.15) is 12.2 Å². The number of aliphatic hydroxyl groups excluding tert-OH is 1. The minimum atomic E-state index is -2.14. The van der Waals surface area contributed by atoms with E-state index in [0.717, 1.165) is 11.1 Å². The summed E-state index contributed by atoms with van der Waals surface area (Å²) in [5.41, 5.74) is -3.59. The van der Waals surface area contributed by atoms with Crippen LogP contribution in [0.15, 0.2) is 48.1 Å². The number of aliphatic hydroxyl groups is 2. The zero-order chi connectivity index (χ0) is 26.6. The van der Waals surface area contributed by atoms with Crippen molar-refractivity contribution >= 4 is 11.6 Å². The first kappa shape index (κ1) is 25.1. The molecule has 37 heavy (non-hydrogen) atoms.